The van der Waals surface area contributed by atoms with E-state index in [1.165, 1.54) is 44.3 Å². The van der Waals surface area contributed by atoms with E-state index >= 15 is 0 Å². The Kier molecular flexibility index (Phi) is 5.06. The number of methoxy groups -OCH3 is 1. The van der Waals surface area contributed by atoms with Gasteiger partial charge in [0, 0.05) is 0 Å². The molecule has 2 atom stereocenters. The molecule has 0 spiro atoms. The molecular formula is C16H25NO. The van der Waals surface area contributed by atoms with Crippen molar-refractivity contribution < 1.29 is 4.74 Å². The highest BCUT2D eigenvalue weighted by atomic mass is 16.5. The number of hydrogen-bond donors (Lipinski definition) is 1. The van der Waals surface area contributed by atoms with Crippen LogP contribution in [0.4, 0.5) is 0 Å². The first-order chi connectivity index (χ1) is 8.79. The molecule has 2 rings (SSSR count). The van der Waals surface area contributed by atoms with E-state index in [1.807, 2.05) is 0 Å². The molecule has 0 radical (unpaired) electrons. The minimum atomic E-state index is 0.872. The van der Waals surface area contributed by atoms with Gasteiger partial charge in [0.15, 0.2) is 0 Å². The summed E-state index contributed by atoms with van der Waals surface area (Å²) >= 11 is 0. The first-order valence-electron chi connectivity index (χ1n) is 7.13. The van der Waals surface area contributed by atoms with Crippen LogP contribution >= 0.6 is 0 Å². The van der Waals surface area contributed by atoms with Gasteiger partial charge in [-0.3, -0.25) is 0 Å². The van der Waals surface area contributed by atoms with E-state index in [2.05, 4.69) is 36.5 Å². The van der Waals surface area contributed by atoms with Crippen LogP contribution in [0.15, 0.2) is 24.3 Å². The Morgan fingerprint density at radius 2 is 2.06 bits per heavy atom. The van der Waals surface area contributed by atoms with Crippen molar-refractivity contribution in [1.82, 2.24) is 5.32 Å². The van der Waals surface area contributed by atoms with Crippen molar-refractivity contribution in [1.29, 1.82) is 0 Å². The van der Waals surface area contributed by atoms with E-state index in [4.69, 9.17) is 4.74 Å². The van der Waals surface area contributed by atoms with Crippen LogP contribution < -0.4 is 10.1 Å². The summed E-state index contributed by atoms with van der Waals surface area (Å²) in [4.78, 5) is 0. The van der Waals surface area contributed by atoms with E-state index < -0.39 is 0 Å². The Labute approximate surface area is 111 Å². The quantitative estimate of drug-likeness (QED) is 0.862. The molecule has 1 aliphatic heterocycles. The average molecular weight is 247 g/mol. The van der Waals surface area contributed by atoms with Gasteiger partial charge in [-0.15, -0.1) is 0 Å². The Morgan fingerprint density at radius 1 is 1.28 bits per heavy atom. The maximum atomic E-state index is 5.17. The van der Waals surface area contributed by atoms with Crippen molar-refractivity contribution in [3.8, 4) is 5.75 Å². The van der Waals surface area contributed by atoms with Crippen LogP contribution in [0.25, 0.3) is 0 Å². The summed E-state index contributed by atoms with van der Waals surface area (Å²) in [6, 6.07) is 8.48. The van der Waals surface area contributed by atoms with Crippen LogP contribution in [-0.4, -0.2) is 20.2 Å². The molecule has 2 unspecified atom stereocenters. The van der Waals surface area contributed by atoms with Gasteiger partial charge in [-0.2, -0.15) is 0 Å². The second-order valence-corrected chi connectivity index (χ2v) is 5.47. The third kappa shape index (κ3) is 3.74. The fourth-order valence-electron chi connectivity index (χ4n) is 2.80. The highest BCUT2D eigenvalue weighted by molar-refractivity contribution is 5.27. The van der Waals surface area contributed by atoms with E-state index in [0.717, 1.165) is 17.6 Å². The van der Waals surface area contributed by atoms with Crippen LogP contribution in [0.3, 0.4) is 0 Å². The second-order valence-electron chi connectivity index (χ2n) is 5.47. The van der Waals surface area contributed by atoms with Crippen molar-refractivity contribution in [2.75, 3.05) is 20.2 Å². The van der Waals surface area contributed by atoms with Crippen LogP contribution in [0, 0.1) is 11.8 Å². The summed E-state index contributed by atoms with van der Waals surface area (Å²) in [6.45, 7) is 4.82. The van der Waals surface area contributed by atoms with Gasteiger partial charge >= 0.3 is 0 Å². The van der Waals surface area contributed by atoms with Gasteiger partial charge < -0.3 is 10.1 Å². The smallest absolute Gasteiger partial charge is 0.118 e. The molecule has 1 saturated heterocycles. The minimum Gasteiger partial charge on any atom is -0.497 e. The number of hydrogen-bond acceptors (Lipinski definition) is 2. The molecule has 2 heteroatoms. The Hall–Kier alpha value is -1.02. The van der Waals surface area contributed by atoms with Gasteiger partial charge in [0.2, 0.25) is 0 Å². The van der Waals surface area contributed by atoms with Crippen molar-refractivity contribution in [2.24, 2.45) is 11.8 Å². The Bertz CT molecular complexity index is 347. The molecule has 100 valence electrons. The molecule has 0 aliphatic carbocycles. The molecule has 1 N–H and O–H groups in total. The number of benzene rings is 1. The highest BCUT2D eigenvalue weighted by Crippen LogP contribution is 2.24. The lowest BCUT2D eigenvalue weighted by Gasteiger charge is -2.29. The molecule has 1 aliphatic rings. The molecule has 0 amide bonds. The molecule has 0 bridgehead atoms. The molecular weight excluding hydrogens is 222 g/mol. The summed E-state index contributed by atoms with van der Waals surface area (Å²) < 4.78 is 5.17. The van der Waals surface area contributed by atoms with E-state index in [-0.39, 0.29) is 0 Å². The average Bonchev–Trinajstić information content (AvgIpc) is 2.42. The maximum Gasteiger partial charge on any atom is 0.118 e. The number of nitrogens with one attached hydrogen (secondary N) is 1. The summed E-state index contributed by atoms with van der Waals surface area (Å²) in [7, 11) is 1.71. The zero-order valence-corrected chi connectivity index (χ0v) is 11.6. The zero-order chi connectivity index (χ0) is 12.8. The van der Waals surface area contributed by atoms with Gasteiger partial charge in [0.05, 0.1) is 7.11 Å². The van der Waals surface area contributed by atoms with Crippen molar-refractivity contribution >= 4 is 0 Å². The summed E-state index contributed by atoms with van der Waals surface area (Å²) in [6.07, 6.45) is 5.17. The zero-order valence-electron chi connectivity index (χ0n) is 11.6. The molecule has 1 aromatic carbocycles. The summed E-state index contributed by atoms with van der Waals surface area (Å²) in [5.41, 5.74) is 1.42. The predicted molar refractivity (Wildman–Crippen MR) is 76.1 cm³/mol. The summed E-state index contributed by atoms with van der Waals surface area (Å²) in [5, 5.41) is 3.51. The standard InChI is InChI=1S/C16H25NO/c1-13-10-11-17-12-15(13)5-3-4-14-6-8-16(18-2)9-7-14/h6-9,13,15,17H,3-5,10-12H2,1-2H3. The molecule has 0 saturated carbocycles. The van der Waals surface area contributed by atoms with Crippen LogP contribution in [0.5, 0.6) is 5.75 Å². The highest BCUT2D eigenvalue weighted by Gasteiger charge is 2.20. The van der Waals surface area contributed by atoms with Gasteiger partial charge in [-0.05, 0) is 68.3 Å². The predicted octanol–water partition coefficient (Wildman–Crippen LogP) is 3.26. The molecule has 1 heterocycles. The van der Waals surface area contributed by atoms with E-state index in [0.29, 0.717) is 0 Å². The van der Waals surface area contributed by atoms with Crippen LogP contribution in [-0.2, 0) is 6.42 Å². The van der Waals surface area contributed by atoms with E-state index in [1.54, 1.807) is 7.11 Å². The molecule has 2 nitrogen and oxygen atoms in total. The minimum absolute atomic E-state index is 0.872. The molecule has 1 aromatic rings. The topological polar surface area (TPSA) is 21.3 Å². The fourth-order valence-corrected chi connectivity index (χ4v) is 2.80. The van der Waals surface area contributed by atoms with Crippen molar-refractivity contribution in [3.63, 3.8) is 0 Å². The number of rotatable bonds is 5. The lowest BCUT2D eigenvalue weighted by Crippen LogP contribution is -2.35. The van der Waals surface area contributed by atoms with Crippen LogP contribution in [0.1, 0.15) is 31.7 Å². The number of piperidine rings is 1. The van der Waals surface area contributed by atoms with Crippen molar-refractivity contribution in [2.45, 2.75) is 32.6 Å². The third-order valence-electron chi connectivity index (χ3n) is 4.19. The lowest BCUT2D eigenvalue weighted by molar-refractivity contribution is 0.255. The largest absolute Gasteiger partial charge is 0.497 e. The van der Waals surface area contributed by atoms with Gasteiger partial charge in [-0.25, -0.2) is 0 Å². The van der Waals surface area contributed by atoms with Gasteiger partial charge in [-0.1, -0.05) is 19.1 Å². The number of aryl methyl sites for hydroxylation is 1. The van der Waals surface area contributed by atoms with Crippen LogP contribution in [0.2, 0.25) is 0 Å². The second kappa shape index (κ2) is 6.79. The molecule has 18 heavy (non-hydrogen) atoms. The monoisotopic (exact) mass is 247 g/mol. The van der Waals surface area contributed by atoms with Gasteiger partial charge in [0.25, 0.3) is 0 Å². The van der Waals surface area contributed by atoms with Gasteiger partial charge in [0.1, 0.15) is 5.75 Å². The maximum absolute atomic E-state index is 5.17. The third-order valence-corrected chi connectivity index (χ3v) is 4.19. The van der Waals surface area contributed by atoms with Crippen molar-refractivity contribution in [3.05, 3.63) is 29.8 Å². The molecule has 0 aromatic heterocycles. The van der Waals surface area contributed by atoms with E-state index in [9.17, 15) is 0 Å². The fraction of sp³-hybridized carbons (Fsp3) is 0.625. The SMILES string of the molecule is COc1ccc(CCCC2CNCCC2C)cc1. The first kappa shape index (κ1) is 13.4. The Balaban J connectivity index is 1.73. The Morgan fingerprint density at radius 3 is 2.72 bits per heavy atom. The first-order valence-corrected chi connectivity index (χ1v) is 7.13. The summed E-state index contributed by atoms with van der Waals surface area (Å²) in [5.74, 6) is 2.71. The number of ether oxygens (including phenoxy) is 1. The normalized spacial score (nSPS) is 23.9. The lowest BCUT2D eigenvalue weighted by atomic mass is 9.84. The molecule has 1 fully saturated rings.